The first-order valence-corrected chi connectivity index (χ1v) is 7.68. The van der Waals surface area contributed by atoms with Crippen molar-refractivity contribution >= 4 is 10.0 Å². The van der Waals surface area contributed by atoms with E-state index in [1.165, 1.54) is 0 Å². The molecule has 0 heterocycles. The van der Waals surface area contributed by atoms with Gasteiger partial charge in [-0.15, -0.1) is 0 Å². The Balaban J connectivity index is 4.37. The van der Waals surface area contributed by atoms with Crippen molar-refractivity contribution in [2.75, 3.05) is 12.3 Å². The molecule has 0 aromatic heterocycles. The molecule has 0 fully saturated rings. The Morgan fingerprint density at radius 2 is 1.65 bits per heavy atom. The molecule has 17 heavy (non-hydrogen) atoms. The smallest absolute Gasteiger partial charge is 0.212 e. The number of hydrogen-bond acceptors (Lipinski definition) is 3. The molecule has 0 amide bonds. The molecule has 5 heteroatoms. The van der Waals surface area contributed by atoms with E-state index in [-0.39, 0.29) is 17.7 Å². The van der Waals surface area contributed by atoms with E-state index in [1.54, 1.807) is 6.92 Å². The van der Waals surface area contributed by atoms with Crippen LogP contribution < -0.4 is 4.72 Å². The molecule has 1 unspecified atom stereocenters. The largest absolute Gasteiger partial charge is 0.389 e. The third-order valence-electron chi connectivity index (χ3n) is 2.14. The highest BCUT2D eigenvalue weighted by atomic mass is 32.2. The fraction of sp³-hybridized carbons (Fsp3) is 1.00. The van der Waals surface area contributed by atoms with Crippen LogP contribution in [0.15, 0.2) is 0 Å². The third kappa shape index (κ3) is 9.56. The maximum Gasteiger partial charge on any atom is 0.212 e. The highest BCUT2D eigenvalue weighted by Crippen LogP contribution is 2.18. The Hall–Kier alpha value is -0.130. The standard InChI is InChI=1S/C12H27NO3S/c1-10(2)7-12(6,14)8-13-17(15,16)9-11(3,4)5/h10,13-14H,7-9H2,1-6H3. The van der Waals surface area contributed by atoms with Gasteiger partial charge in [0.2, 0.25) is 10.0 Å². The van der Waals surface area contributed by atoms with Gasteiger partial charge >= 0.3 is 0 Å². The lowest BCUT2D eigenvalue weighted by Crippen LogP contribution is -2.43. The summed E-state index contributed by atoms with van der Waals surface area (Å²) < 4.78 is 26.0. The highest BCUT2D eigenvalue weighted by molar-refractivity contribution is 7.89. The molecular weight excluding hydrogens is 238 g/mol. The van der Waals surface area contributed by atoms with Crippen LogP contribution in [0.2, 0.25) is 0 Å². The average molecular weight is 265 g/mol. The maximum atomic E-state index is 11.8. The predicted octanol–water partition coefficient (Wildman–Crippen LogP) is 1.75. The van der Waals surface area contributed by atoms with Gasteiger partial charge in [0.15, 0.2) is 0 Å². The zero-order chi connectivity index (χ0) is 13.9. The van der Waals surface area contributed by atoms with Gasteiger partial charge in [-0.2, -0.15) is 0 Å². The van der Waals surface area contributed by atoms with Crippen LogP contribution in [0.3, 0.4) is 0 Å². The van der Waals surface area contributed by atoms with Crippen molar-refractivity contribution in [3.8, 4) is 0 Å². The summed E-state index contributed by atoms with van der Waals surface area (Å²) in [6.45, 7) is 11.3. The van der Waals surface area contributed by atoms with Crippen molar-refractivity contribution < 1.29 is 13.5 Å². The van der Waals surface area contributed by atoms with Gasteiger partial charge in [-0.25, -0.2) is 13.1 Å². The van der Waals surface area contributed by atoms with E-state index in [0.29, 0.717) is 12.3 Å². The molecule has 0 radical (unpaired) electrons. The van der Waals surface area contributed by atoms with Gasteiger partial charge in [0.25, 0.3) is 0 Å². The Morgan fingerprint density at radius 1 is 1.18 bits per heavy atom. The lowest BCUT2D eigenvalue weighted by Gasteiger charge is -2.26. The summed E-state index contributed by atoms with van der Waals surface area (Å²) in [6.07, 6.45) is 0.574. The second kappa shape index (κ2) is 5.67. The summed E-state index contributed by atoms with van der Waals surface area (Å²) in [5.74, 6) is 0.398. The second-order valence-electron chi connectivity index (χ2n) is 6.74. The highest BCUT2D eigenvalue weighted by Gasteiger charge is 2.26. The molecule has 0 aliphatic rings. The van der Waals surface area contributed by atoms with Gasteiger partial charge in [-0.05, 0) is 24.7 Å². The van der Waals surface area contributed by atoms with E-state index in [0.717, 1.165) is 0 Å². The summed E-state index contributed by atoms with van der Waals surface area (Å²) in [6, 6.07) is 0. The zero-order valence-electron chi connectivity index (χ0n) is 11.9. The fourth-order valence-electron chi connectivity index (χ4n) is 1.84. The van der Waals surface area contributed by atoms with Crippen LogP contribution in [-0.2, 0) is 10.0 Å². The van der Waals surface area contributed by atoms with Crippen LogP contribution in [0.25, 0.3) is 0 Å². The van der Waals surface area contributed by atoms with Crippen LogP contribution in [0, 0.1) is 11.3 Å². The van der Waals surface area contributed by atoms with Gasteiger partial charge < -0.3 is 5.11 Å². The topological polar surface area (TPSA) is 66.4 Å². The Morgan fingerprint density at radius 3 is 2.00 bits per heavy atom. The van der Waals surface area contributed by atoms with Crippen molar-refractivity contribution in [3.05, 3.63) is 0 Å². The van der Waals surface area contributed by atoms with Crippen LogP contribution >= 0.6 is 0 Å². The number of sulfonamides is 1. The molecule has 4 nitrogen and oxygen atoms in total. The first-order valence-electron chi connectivity index (χ1n) is 6.03. The summed E-state index contributed by atoms with van der Waals surface area (Å²) in [5, 5.41) is 10.0. The summed E-state index contributed by atoms with van der Waals surface area (Å²) in [7, 11) is -3.32. The van der Waals surface area contributed by atoms with E-state index >= 15 is 0 Å². The number of nitrogens with one attached hydrogen (secondary N) is 1. The molecule has 0 aromatic carbocycles. The molecule has 0 rings (SSSR count). The van der Waals surface area contributed by atoms with Crippen molar-refractivity contribution in [3.63, 3.8) is 0 Å². The lowest BCUT2D eigenvalue weighted by atomic mass is 9.95. The monoisotopic (exact) mass is 265 g/mol. The van der Waals surface area contributed by atoms with Crippen LogP contribution in [0.5, 0.6) is 0 Å². The predicted molar refractivity (Wildman–Crippen MR) is 71.3 cm³/mol. The number of aliphatic hydroxyl groups is 1. The molecule has 0 saturated carbocycles. The van der Waals surface area contributed by atoms with Gasteiger partial charge in [-0.1, -0.05) is 34.6 Å². The third-order valence-corrected chi connectivity index (χ3v) is 3.97. The molecule has 0 aliphatic carbocycles. The van der Waals surface area contributed by atoms with E-state index in [4.69, 9.17) is 0 Å². The van der Waals surface area contributed by atoms with Crippen LogP contribution in [-0.4, -0.2) is 31.4 Å². The minimum absolute atomic E-state index is 0.0672. The quantitative estimate of drug-likeness (QED) is 0.769. The first kappa shape index (κ1) is 16.9. The second-order valence-corrected chi connectivity index (χ2v) is 8.54. The van der Waals surface area contributed by atoms with E-state index in [9.17, 15) is 13.5 Å². The molecule has 2 N–H and O–H groups in total. The van der Waals surface area contributed by atoms with Crippen LogP contribution in [0.1, 0.15) is 48.0 Å². The molecule has 1 atom stereocenters. The molecule has 0 aromatic rings. The minimum atomic E-state index is -3.32. The minimum Gasteiger partial charge on any atom is -0.389 e. The number of hydrogen-bond donors (Lipinski definition) is 2. The number of rotatable bonds is 6. The molecule has 0 spiro atoms. The Labute approximate surface area is 106 Å². The van der Waals surface area contributed by atoms with Gasteiger partial charge in [0, 0.05) is 6.54 Å². The SMILES string of the molecule is CC(C)CC(C)(O)CNS(=O)(=O)CC(C)(C)C. The molecule has 104 valence electrons. The zero-order valence-corrected chi connectivity index (χ0v) is 12.7. The van der Waals surface area contributed by atoms with Crippen molar-refractivity contribution in [1.29, 1.82) is 0 Å². The van der Waals surface area contributed by atoms with E-state index in [1.807, 2.05) is 34.6 Å². The molecule has 0 aliphatic heterocycles. The van der Waals surface area contributed by atoms with E-state index < -0.39 is 15.6 Å². The van der Waals surface area contributed by atoms with Crippen LogP contribution in [0.4, 0.5) is 0 Å². The molecule has 0 saturated heterocycles. The lowest BCUT2D eigenvalue weighted by molar-refractivity contribution is 0.0436. The Bertz CT molecular complexity index is 326. The molecule has 0 bridgehead atoms. The maximum absolute atomic E-state index is 11.8. The van der Waals surface area contributed by atoms with Gasteiger partial charge in [-0.3, -0.25) is 0 Å². The van der Waals surface area contributed by atoms with Crippen molar-refractivity contribution in [1.82, 2.24) is 4.72 Å². The van der Waals surface area contributed by atoms with E-state index in [2.05, 4.69) is 4.72 Å². The summed E-state index contributed by atoms with van der Waals surface area (Å²) in [4.78, 5) is 0. The van der Waals surface area contributed by atoms with Crippen molar-refractivity contribution in [2.45, 2.75) is 53.6 Å². The summed E-state index contributed by atoms with van der Waals surface area (Å²) in [5.41, 5.74) is -1.27. The summed E-state index contributed by atoms with van der Waals surface area (Å²) >= 11 is 0. The molecular formula is C12H27NO3S. The fourth-order valence-corrected chi connectivity index (χ4v) is 3.61. The normalized spacial score (nSPS) is 17.2. The van der Waals surface area contributed by atoms with Gasteiger partial charge in [0.05, 0.1) is 11.4 Å². The van der Waals surface area contributed by atoms with Gasteiger partial charge in [0.1, 0.15) is 0 Å². The average Bonchev–Trinajstić information content (AvgIpc) is 1.94. The Kier molecular flexibility index (Phi) is 5.63. The van der Waals surface area contributed by atoms with Crippen molar-refractivity contribution in [2.24, 2.45) is 11.3 Å². The first-order chi connectivity index (χ1) is 7.33.